The van der Waals surface area contributed by atoms with Crippen LogP contribution >= 0.6 is 0 Å². The summed E-state index contributed by atoms with van der Waals surface area (Å²) in [5.74, 6) is -4.41. The number of carbonyl (C=O) groups excluding carboxylic acids is 1. The van der Waals surface area contributed by atoms with Crippen LogP contribution in [0, 0.1) is 0 Å². The highest BCUT2D eigenvalue weighted by Gasteiger charge is 2.32. The number of Topliss-reactive ketones (excluding diaryl/α,β-unsaturated/α-hetero) is 1. The number of hydrogen-bond donors (Lipinski definition) is 0. The zero-order valence-corrected chi connectivity index (χ0v) is 8.18. The Morgan fingerprint density at radius 3 is 2.14 bits per heavy atom. The lowest BCUT2D eigenvalue weighted by Gasteiger charge is -2.08. The van der Waals surface area contributed by atoms with Crippen LogP contribution in [0.1, 0.15) is 29.8 Å². The van der Waals surface area contributed by atoms with Crippen molar-refractivity contribution in [3.8, 4) is 0 Å². The molecule has 0 N–H and O–H groups in total. The fourth-order valence-electron chi connectivity index (χ4n) is 1.15. The highest BCUT2D eigenvalue weighted by Crippen LogP contribution is 2.19. The largest absolute Gasteiger partial charge is 0.307 e. The van der Waals surface area contributed by atoms with Crippen LogP contribution in [0.3, 0.4) is 0 Å². The van der Waals surface area contributed by atoms with Gasteiger partial charge in [-0.3, -0.25) is 4.79 Å². The van der Waals surface area contributed by atoms with Crippen LogP contribution in [-0.2, 0) is 6.42 Å². The highest BCUT2D eigenvalue weighted by molar-refractivity contribution is 6.01. The van der Waals surface area contributed by atoms with E-state index in [4.69, 9.17) is 0 Å². The molecular formula is C11H12F2O. The maximum absolute atomic E-state index is 12.6. The van der Waals surface area contributed by atoms with Crippen LogP contribution in [0.4, 0.5) is 8.78 Å². The molecule has 0 aliphatic rings. The van der Waals surface area contributed by atoms with Gasteiger partial charge in [0.25, 0.3) is 0 Å². The van der Waals surface area contributed by atoms with E-state index in [1.54, 1.807) is 12.1 Å². The minimum atomic E-state index is -3.28. The zero-order chi connectivity index (χ0) is 10.8. The summed E-state index contributed by atoms with van der Waals surface area (Å²) in [5.41, 5.74) is 1.09. The van der Waals surface area contributed by atoms with Crippen LogP contribution in [0.5, 0.6) is 0 Å². The van der Waals surface area contributed by atoms with Gasteiger partial charge in [-0.25, -0.2) is 0 Å². The molecule has 0 atom stereocenters. The Kier molecular flexibility index (Phi) is 2.99. The van der Waals surface area contributed by atoms with Gasteiger partial charge in [0.15, 0.2) is 0 Å². The summed E-state index contributed by atoms with van der Waals surface area (Å²) in [4.78, 5) is 11.1. The van der Waals surface area contributed by atoms with Gasteiger partial charge in [0.1, 0.15) is 0 Å². The molecule has 1 nitrogen and oxygen atoms in total. The van der Waals surface area contributed by atoms with E-state index in [1.807, 2.05) is 6.92 Å². The van der Waals surface area contributed by atoms with E-state index in [9.17, 15) is 13.6 Å². The minimum Gasteiger partial charge on any atom is -0.287 e. The van der Waals surface area contributed by atoms with E-state index < -0.39 is 11.7 Å². The van der Waals surface area contributed by atoms with Gasteiger partial charge in [-0.2, -0.15) is 8.78 Å². The third-order valence-corrected chi connectivity index (χ3v) is 2.02. The summed E-state index contributed by atoms with van der Waals surface area (Å²) in [6.45, 7) is 2.58. The van der Waals surface area contributed by atoms with E-state index in [-0.39, 0.29) is 5.56 Å². The second kappa shape index (κ2) is 3.86. The minimum absolute atomic E-state index is 0.0645. The summed E-state index contributed by atoms with van der Waals surface area (Å²) in [6, 6.07) is 6.27. The zero-order valence-electron chi connectivity index (χ0n) is 8.18. The lowest BCUT2D eigenvalue weighted by molar-refractivity contribution is 0.0221. The number of aryl methyl sites for hydroxylation is 1. The molecule has 0 bridgehead atoms. The van der Waals surface area contributed by atoms with Crippen molar-refractivity contribution in [1.29, 1.82) is 0 Å². The molecule has 1 aromatic rings. The molecule has 76 valence electrons. The van der Waals surface area contributed by atoms with Crippen LogP contribution in [0.25, 0.3) is 0 Å². The Balaban J connectivity index is 2.93. The molecule has 14 heavy (non-hydrogen) atoms. The van der Waals surface area contributed by atoms with Crippen LogP contribution in [0.15, 0.2) is 24.3 Å². The molecule has 0 saturated heterocycles. The smallest absolute Gasteiger partial charge is 0.287 e. The Bertz CT molecular complexity index is 322. The van der Waals surface area contributed by atoms with Gasteiger partial charge in [-0.05, 0) is 12.0 Å². The predicted molar refractivity (Wildman–Crippen MR) is 50.8 cm³/mol. The fourth-order valence-corrected chi connectivity index (χ4v) is 1.15. The normalized spacial score (nSPS) is 11.4. The molecule has 0 aliphatic heterocycles. The second-order valence-corrected chi connectivity index (χ2v) is 3.27. The van der Waals surface area contributed by atoms with Gasteiger partial charge in [-0.15, -0.1) is 0 Å². The summed E-state index contributed by atoms with van der Waals surface area (Å²) < 4.78 is 25.3. The molecule has 0 radical (unpaired) electrons. The Morgan fingerprint density at radius 1 is 1.29 bits per heavy atom. The maximum atomic E-state index is 12.6. The first-order chi connectivity index (χ1) is 6.45. The summed E-state index contributed by atoms with van der Waals surface area (Å²) in [5, 5.41) is 0. The maximum Gasteiger partial charge on any atom is 0.307 e. The Hall–Kier alpha value is -1.25. The van der Waals surface area contributed by atoms with E-state index in [2.05, 4.69) is 0 Å². The van der Waals surface area contributed by atoms with Crippen molar-refractivity contribution in [1.82, 2.24) is 0 Å². The molecule has 0 fully saturated rings. The van der Waals surface area contributed by atoms with Crippen molar-refractivity contribution < 1.29 is 13.6 Å². The number of ketones is 1. The SMILES string of the molecule is CCc1ccc(C(=O)C(C)(F)F)cc1. The van der Waals surface area contributed by atoms with Gasteiger partial charge in [0.2, 0.25) is 5.78 Å². The molecule has 0 aliphatic carbocycles. The molecular weight excluding hydrogens is 186 g/mol. The number of carbonyl (C=O) groups is 1. The number of benzene rings is 1. The summed E-state index contributed by atoms with van der Waals surface area (Å²) >= 11 is 0. The van der Waals surface area contributed by atoms with E-state index in [0.29, 0.717) is 6.92 Å². The second-order valence-electron chi connectivity index (χ2n) is 3.27. The third kappa shape index (κ3) is 2.37. The van der Waals surface area contributed by atoms with Crippen LogP contribution in [0.2, 0.25) is 0 Å². The van der Waals surface area contributed by atoms with Gasteiger partial charge in [0.05, 0.1) is 0 Å². The van der Waals surface area contributed by atoms with Gasteiger partial charge < -0.3 is 0 Å². The number of hydrogen-bond acceptors (Lipinski definition) is 1. The van der Waals surface area contributed by atoms with E-state index in [0.717, 1.165) is 12.0 Å². The molecule has 1 rings (SSSR count). The molecule has 0 amide bonds. The Labute approximate surface area is 81.7 Å². The summed E-state index contributed by atoms with van der Waals surface area (Å²) in [7, 11) is 0. The van der Waals surface area contributed by atoms with Crippen molar-refractivity contribution >= 4 is 5.78 Å². The topological polar surface area (TPSA) is 17.1 Å². The molecule has 0 spiro atoms. The molecule has 0 aromatic heterocycles. The fraction of sp³-hybridized carbons (Fsp3) is 0.364. The molecule has 0 unspecified atom stereocenters. The van der Waals surface area contributed by atoms with E-state index in [1.165, 1.54) is 12.1 Å². The average molecular weight is 198 g/mol. The molecule has 0 saturated carbocycles. The first-order valence-electron chi connectivity index (χ1n) is 4.46. The van der Waals surface area contributed by atoms with Gasteiger partial charge in [-0.1, -0.05) is 31.2 Å². The number of halogens is 2. The van der Waals surface area contributed by atoms with Gasteiger partial charge >= 0.3 is 5.92 Å². The first kappa shape index (κ1) is 10.8. The van der Waals surface area contributed by atoms with Gasteiger partial charge in [0, 0.05) is 12.5 Å². The summed E-state index contributed by atoms with van der Waals surface area (Å²) in [6.07, 6.45) is 0.830. The average Bonchev–Trinajstić information content (AvgIpc) is 2.15. The number of rotatable bonds is 3. The lowest BCUT2D eigenvalue weighted by Crippen LogP contribution is -2.24. The van der Waals surface area contributed by atoms with Crippen molar-refractivity contribution in [2.45, 2.75) is 26.2 Å². The van der Waals surface area contributed by atoms with Crippen molar-refractivity contribution in [2.75, 3.05) is 0 Å². The molecule has 3 heteroatoms. The number of alkyl halides is 2. The monoisotopic (exact) mass is 198 g/mol. The quantitative estimate of drug-likeness (QED) is 0.682. The highest BCUT2D eigenvalue weighted by atomic mass is 19.3. The molecule has 0 heterocycles. The third-order valence-electron chi connectivity index (χ3n) is 2.02. The lowest BCUT2D eigenvalue weighted by atomic mass is 10.0. The first-order valence-corrected chi connectivity index (χ1v) is 4.46. The van der Waals surface area contributed by atoms with Crippen LogP contribution in [-0.4, -0.2) is 11.7 Å². The standard InChI is InChI=1S/C11H12F2O/c1-3-8-4-6-9(7-5-8)10(14)11(2,12)13/h4-7H,3H2,1-2H3. The van der Waals surface area contributed by atoms with E-state index >= 15 is 0 Å². The van der Waals surface area contributed by atoms with Crippen molar-refractivity contribution in [3.63, 3.8) is 0 Å². The van der Waals surface area contributed by atoms with Crippen molar-refractivity contribution in [3.05, 3.63) is 35.4 Å². The Morgan fingerprint density at radius 2 is 1.79 bits per heavy atom. The van der Waals surface area contributed by atoms with Crippen LogP contribution < -0.4 is 0 Å². The van der Waals surface area contributed by atoms with Crippen molar-refractivity contribution in [2.24, 2.45) is 0 Å². The molecule has 1 aromatic carbocycles. The predicted octanol–water partition coefficient (Wildman–Crippen LogP) is 3.09.